The molecular formula is C13H26N2. The minimum atomic E-state index is 0.452. The highest BCUT2D eigenvalue weighted by Gasteiger charge is 2.23. The molecule has 2 rings (SSSR count). The number of piperidine rings is 1. The van der Waals surface area contributed by atoms with Crippen molar-refractivity contribution in [3.63, 3.8) is 0 Å². The lowest BCUT2D eigenvalue weighted by molar-refractivity contribution is 0.156. The van der Waals surface area contributed by atoms with Crippen LogP contribution >= 0.6 is 0 Å². The van der Waals surface area contributed by atoms with E-state index in [0.717, 1.165) is 5.92 Å². The maximum Gasteiger partial charge on any atom is 0.00889 e. The third kappa shape index (κ3) is 3.18. The summed E-state index contributed by atoms with van der Waals surface area (Å²) >= 11 is 0. The average molecular weight is 210 g/mol. The van der Waals surface area contributed by atoms with Gasteiger partial charge in [0.05, 0.1) is 0 Å². The van der Waals surface area contributed by atoms with Gasteiger partial charge in [-0.05, 0) is 37.8 Å². The molecule has 2 unspecified atom stereocenters. The Morgan fingerprint density at radius 2 is 1.93 bits per heavy atom. The van der Waals surface area contributed by atoms with E-state index in [4.69, 9.17) is 5.73 Å². The molecule has 2 aliphatic rings. The van der Waals surface area contributed by atoms with E-state index in [2.05, 4.69) is 11.8 Å². The lowest BCUT2D eigenvalue weighted by atomic mass is 9.94. The Balaban J connectivity index is 1.66. The molecule has 0 bridgehead atoms. The summed E-state index contributed by atoms with van der Waals surface area (Å²) in [5, 5.41) is 0. The zero-order valence-corrected chi connectivity index (χ0v) is 10.1. The van der Waals surface area contributed by atoms with Crippen molar-refractivity contribution >= 4 is 0 Å². The van der Waals surface area contributed by atoms with Crippen molar-refractivity contribution in [2.45, 2.75) is 51.5 Å². The van der Waals surface area contributed by atoms with Gasteiger partial charge in [-0.15, -0.1) is 0 Å². The predicted octanol–water partition coefficient (Wildman–Crippen LogP) is 2.24. The molecule has 1 saturated carbocycles. The molecule has 2 fully saturated rings. The van der Waals surface area contributed by atoms with Crippen molar-refractivity contribution in [3.8, 4) is 0 Å². The maximum absolute atomic E-state index is 6.03. The molecule has 2 atom stereocenters. The molecule has 2 heteroatoms. The zero-order valence-electron chi connectivity index (χ0n) is 10.1. The van der Waals surface area contributed by atoms with E-state index >= 15 is 0 Å². The maximum atomic E-state index is 6.03. The zero-order chi connectivity index (χ0) is 10.7. The lowest BCUT2D eigenvalue weighted by Gasteiger charge is -2.35. The molecule has 0 aromatic rings. The van der Waals surface area contributed by atoms with Gasteiger partial charge in [0.1, 0.15) is 0 Å². The number of nitrogens with zero attached hydrogens (tertiary/aromatic N) is 1. The first-order chi connectivity index (χ1) is 7.25. The molecule has 88 valence electrons. The van der Waals surface area contributed by atoms with Crippen molar-refractivity contribution in [2.75, 3.05) is 19.6 Å². The Labute approximate surface area is 94.2 Å². The number of likely N-dealkylation sites (tertiary alicyclic amines) is 1. The SMILES string of the molecule is CC1CN(CCC2CCCC2)CCC1N. The number of nitrogens with two attached hydrogens (primary N) is 1. The third-order valence-electron chi connectivity index (χ3n) is 4.38. The summed E-state index contributed by atoms with van der Waals surface area (Å²) in [4.78, 5) is 2.63. The number of hydrogen-bond acceptors (Lipinski definition) is 2. The fourth-order valence-electron chi connectivity index (χ4n) is 3.12. The van der Waals surface area contributed by atoms with E-state index in [-0.39, 0.29) is 0 Å². The number of rotatable bonds is 3. The van der Waals surface area contributed by atoms with Crippen LogP contribution in [0.1, 0.15) is 45.4 Å². The van der Waals surface area contributed by atoms with Gasteiger partial charge in [0.2, 0.25) is 0 Å². The molecule has 0 aromatic heterocycles. The van der Waals surface area contributed by atoms with Crippen molar-refractivity contribution in [3.05, 3.63) is 0 Å². The van der Waals surface area contributed by atoms with E-state index in [9.17, 15) is 0 Å². The third-order valence-corrected chi connectivity index (χ3v) is 4.38. The summed E-state index contributed by atoms with van der Waals surface area (Å²) in [5.74, 6) is 1.73. The van der Waals surface area contributed by atoms with Gasteiger partial charge in [0, 0.05) is 12.6 Å². The van der Waals surface area contributed by atoms with Crippen LogP contribution in [0, 0.1) is 11.8 Å². The van der Waals surface area contributed by atoms with Gasteiger partial charge in [-0.1, -0.05) is 32.6 Å². The molecule has 15 heavy (non-hydrogen) atoms. The smallest absolute Gasteiger partial charge is 0.00889 e. The molecular weight excluding hydrogens is 184 g/mol. The minimum absolute atomic E-state index is 0.452. The molecule has 1 saturated heterocycles. The van der Waals surface area contributed by atoms with Crippen LogP contribution in [0.25, 0.3) is 0 Å². The highest BCUT2D eigenvalue weighted by atomic mass is 15.1. The van der Waals surface area contributed by atoms with Crippen LogP contribution in [0.4, 0.5) is 0 Å². The van der Waals surface area contributed by atoms with Gasteiger partial charge in [-0.2, -0.15) is 0 Å². The molecule has 2 nitrogen and oxygen atoms in total. The quantitative estimate of drug-likeness (QED) is 0.774. The minimum Gasteiger partial charge on any atom is -0.327 e. The van der Waals surface area contributed by atoms with Crippen LogP contribution in [-0.4, -0.2) is 30.6 Å². The molecule has 1 aliphatic carbocycles. The molecule has 2 N–H and O–H groups in total. The second kappa shape index (κ2) is 5.31. The monoisotopic (exact) mass is 210 g/mol. The summed E-state index contributed by atoms with van der Waals surface area (Å²) < 4.78 is 0. The van der Waals surface area contributed by atoms with E-state index in [1.165, 1.54) is 58.2 Å². The van der Waals surface area contributed by atoms with Gasteiger partial charge < -0.3 is 10.6 Å². The summed E-state index contributed by atoms with van der Waals surface area (Å²) in [7, 11) is 0. The van der Waals surface area contributed by atoms with Crippen LogP contribution < -0.4 is 5.73 Å². The molecule has 0 amide bonds. The predicted molar refractivity (Wildman–Crippen MR) is 64.8 cm³/mol. The molecule has 1 heterocycles. The summed E-state index contributed by atoms with van der Waals surface area (Å²) in [5.41, 5.74) is 6.03. The second-order valence-corrected chi connectivity index (χ2v) is 5.67. The Morgan fingerprint density at radius 3 is 2.60 bits per heavy atom. The number of hydrogen-bond donors (Lipinski definition) is 1. The van der Waals surface area contributed by atoms with E-state index in [1.54, 1.807) is 0 Å². The summed E-state index contributed by atoms with van der Waals surface area (Å²) in [6, 6.07) is 0.452. The van der Waals surface area contributed by atoms with Gasteiger partial charge in [-0.25, -0.2) is 0 Å². The van der Waals surface area contributed by atoms with Gasteiger partial charge in [0.15, 0.2) is 0 Å². The van der Waals surface area contributed by atoms with Crippen LogP contribution in [0.3, 0.4) is 0 Å². The van der Waals surface area contributed by atoms with Crippen molar-refractivity contribution < 1.29 is 0 Å². The topological polar surface area (TPSA) is 29.3 Å². The summed E-state index contributed by atoms with van der Waals surface area (Å²) in [6.07, 6.45) is 8.57. The Hall–Kier alpha value is -0.0800. The normalized spacial score (nSPS) is 34.8. The Bertz CT molecular complexity index is 187. The molecule has 0 spiro atoms. The first kappa shape index (κ1) is 11.4. The van der Waals surface area contributed by atoms with Crippen LogP contribution in [0.2, 0.25) is 0 Å². The highest BCUT2D eigenvalue weighted by Crippen LogP contribution is 2.28. The van der Waals surface area contributed by atoms with E-state index < -0.39 is 0 Å². The molecule has 1 aliphatic heterocycles. The standard InChI is InChI=1S/C13H26N2/c1-11-10-15(9-7-13(11)14)8-6-12-4-2-3-5-12/h11-13H,2-10,14H2,1H3. The van der Waals surface area contributed by atoms with E-state index in [0.29, 0.717) is 12.0 Å². The first-order valence-electron chi connectivity index (χ1n) is 6.73. The second-order valence-electron chi connectivity index (χ2n) is 5.67. The van der Waals surface area contributed by atoms with Gasteiger partial charge in [0.25, 0.3) is 0 Å². The first-order valence-corrected chi connectivity index (χ1v) is 6.73. The Morgan fingerprint density at radius 1 is 1.20 bits per heavy atom. The fraction of sp³-hybridized carbons (Fsp3) is 1.00. The van der Waals surface area contributed by atoms with Crippen LogP contribution in [0.5, 0.6) is 0 Å². The molecule has 0 aromatic carbocycles. The van der Waals surface area contributed by atoms with Crippen molar-refractivity contribution in [1.29, 1.82) is 0 Å². The Kier molecular flexibility index (Phi) is 4.04. The largest absolute Gasteiger partial charge is 0.327 e. The highest BCUT2D eigenvalue weighted by molar-refractivity contribution is 4.80. The average Bonchev–Trinajstić information content (AvgIpc) is 2.73. The van der Waals surface area contributed by atoms with Crippen molar-refractivity contribution in [2.24, 2.45) is 17.6 Å². The van der Waals surface area contributed by atoms with Gasteiger partial charge >= 0.3 is 0 Å². The molecule has 0 radical (unpaired) electrons. The fourth-order valence-corrected chi connectivity index (χ4v) is 3.12. The lowest BCUT2D eigenvalue weighted by Crippen LogP contribution is -2.46. The van der Waals surface area contributed by atoms with Crippen LogP contribution in [0.15, 0.2) is 0 Å². The van der Waals surface area contributed by atoms with E-state index in [1.807, 2.05) is 0 Å². The van der Waals surface area contributed by atoms with Crippen molar-refractivity contribution in [1.82, 2.24) is 4.90 Å². The summed E-state index contributed by atoms with van der Waals surface area (Å²) in [6.45, 7) is 6.08. The van der Waals surface area contributed by atoms with Gasteiger partial charge in [-0.3, -0.25) is 0 Å². The van der Waals surface area contributed by atoms with Crippen LogP contribution in [-0.2, 0) is 0 Å².